The van der Waals surface area contributed by atoms with Gasteiger partial charge in [-0.15, -0.1) is 0 Å². The predicted molar refractivity (Wildman–Crippen MR) is 70.5 cm³/mol. The molecule has 1 aromatic carbocycles. The van der Waals surface area contributed by atoms with Gasteiger partial charge in [0.2, 0.25) is 0 Å². The third kappa shape index (κ3) is 4.75. The van der Waals surface area contributed by atoms with Crippen molar-refractivity contribution in [3.8, 4) is 5.75 Å². The highest BCUT2D eigenvalue weighted by Crippen LogP contribution is 2.18. The van der Waals surface area contributed by atoms with Gasteiger partial charge >= 0.3 is 0 Å². The zero-order valence-corrected chi connectivity index (χ0v) is 11.0. The fourth-order valence-corrected chi connectivity index (χ4v) is 1.66. The molecule has 3 heteroatoms. The molecule has 0 amide bonds. The minimum Gasteiger partial charge on any atom is -0.497 e. The lowest BCUT2D eigenvalue weighted by molar-refractivity contribution is 0.123. The van der Waals surface area contributed by atoms with Gasteiger partial charge < -0.3 is 14.8 Å². The van der Waals surface area contributed by atoms with Gasteiger partial charge in [-0.05, 0) is 37.6 Å². The van der Waals surface area contributed by atoms with Gasteiger partial charge in [-0.3, -0.25) is 0 Å². The van der Waals surface area contributed by atoms with Crippen molar-refractivity contribution >= 4 is 0 Å². The highest BCUT2D eigenvalue weighted by atomic mass is 16.5. The highest BCUT2D eigenvalue weighted by molar-refractivity contribution is 5.29. The molecule has 0 saturated heterocycles. The number of methoxy groups -OCH3 is 1. The van der Waals surface area contributed by atoms with Crippen molar-refractivity contribution in [2.24, 2.45) is 0 Å². The first kappa shape index (κ1) is 14.0. The van der Waals surface area contributed by atoms with Crippen molar-refractivity contribution in [1.82, 2.24) is 5.32 Å². The first-order valence-corrected chi connectivity index (χ1v) is 6.26. The lowest BCUT2D eigenvalue weighted by atomic mass is 10.1. The molecule has 17 heavy (non-hydrogen) atoms. The average molecular weight is 237 g/mol. The number of benzene rings is 1. The van der Waals surface area contributed by atoms with Crippen molar-refractivity contribution in [2.75, 3.05) is 26.9 Å². The summed E-state index contributed by atoms with van der Waals surface area (Å²) in [6.45, 7) is 6.65. The summed E-state index contributed by atoms with van der Waals surface area (Å²) in [6.07, 6.45) is 1.12. The van der Waals surface area contributed by atoms with Crippen LogP contribution in [0.2, 0.25) is 0 Å². The molecule has 0 heterocycles. The van der Waals surface area contributed by atoms with Crippen LogP contribution in [0, 0.1) is 0 Å². The summed E-state index contributed by atoms with van der Waals surface area (Å²) in [5.74, 6) is 0.888. The van der Waals surface area contributed by atoms with Crippen LogP contribution in [0.3, 0.4) is 0 Å². The van der Waals surface area contributed by atoms with Gasteiger partial charge in [0, 0.05) is 6.61 Å². The Bertz CT molecular complexity index is 290. The molecule has 0 aliphatic heterocycles. The quantitative estimate of drug-likeness (QED) is 0.754. The molecule has 0 radical (unpaired) electrons. The molecule has 0 fully saturated rings. The summed E-state index contributed by atoms with van der Waals surface area (Å²) in [6, 6.07) is 8.42. The van der Waals surface area contributed by atoms with E-state index in [-0.39, 0.29) is 6.04 Å². The van der Waals surface area contributed by atoms with E-state index in [1.54, 1.807) is 7.11 Å². The average Bonchev–Trinajstić information content (AvgIpc) is 2.39. The maximum absolute atomic E-state index is 5.51. The van der Waals surface area contributed by atoms with Gasteiger partial charge in [0.1, 0.15) is 5.75 Å². The van der Waals surface area contributed by atoms with E-state index >= 15 is 0 Å². The van der Waals surface area contributed by atoms with E-state index < -0.39 is 0 Å². The minimum absolute atomic E-state index is 0.265. The Morgan fingerprint density at radius 2 is 1.88 bits per heavy atom. The van der Waals surface area contributed by atoms with E-state index in [0.717, 1.165) is 25.3 Å². The topological polar surface area (TPSA) is 30.5 Å². The van der Waals surface area contributed by atoms with Crippen LogP contribution in [-0.2, 0) is 4.74 Å². The number of hydrogen-bond acceptors (Lipinski definition) is 3. The molecule has 0 bridgehead atoms. The zero-order chi connectivity index (χ0) is 12.5. The van der Waals surface area contributed by atoms with Crippen LogP contribution in [0.1, 0.15) is 31.9 Å². The van der Waals surface area contributed by atoms with Crippen LogP contribution in [0.25, 0.3) is 0 Å². The van der Waals surface area contributed by atoms with Crippen molar-refractivity contribution in [1.29, 1.82) is 0 Å². The van der Waals surface area contributed by atoms with E-state index in [2.05, 4.69) is 24.4 Å². The van der Waals surface area contributed by atoms with Gasteiger partial charge in [-0.1, -0.05) is 19.1 Å². The van der Waals surface area contributed by atoms with Crippen molar-refractivity contribution < 1.29 is 9.47 Å². The molecule has 3 nitrogen and oxygen atoms in total. The monoisotopic (exact) mass is 237 g/mol. The molecule has 0 aromatic heterocycles. The Labute approximate surface area is 104 Å². The van der Waals surface area contributed by atoms with E-state index in [1.807, 2.05) is 19.1 Å². The van der Waals surface area contributed by atoms with Crippen LogP contribution in [0.5, 0.6) is 5.75 Å². The third-order valence-corrected chi connectivity index (χ3v) is 2.65. The van der Waals surface area contributed by atoms with Crippen LogP contribution >= 0.6 is 0 Å². The van der Waals surface area contributed by atoms with E-state index in [9.17, 15) is 0 Å². The lowest BCUT2D eigenvalue weighted by Crippen LogP contribution is -2.26. The number of rotatable bonds is 8. The largest absolute Gasteiger partial charge is 0.497 e. The Hall–Kier alpha value is -1.06. The third-order valence-electron chi connectivity index (χ3n) is 2.65. The fourth-order valence-electron chi connectivity index (χ4n) is 1.66. The van der Waals surface area contributed by atoms with Crippen molar-refractivity contribution in [3.63, 3.8) is 0 Å². The normalized spacial score (nSPS) is 12.4. The van der Waals surface area contributed by atoms with Crippen molar-refractivity contribution in [3.05, 3.63) is 29.8 Å². The molecule has 0 aliphatic carbocycles. The number of hydrogen-bond donors (Lipinski definition) is 1. The molecule has 0 saturated carbocycles. The molecular weight excluding hydrogens is 214 g/mol. The summed E-state index contributed by atoms with van der Waals surface area (Å²) < 4.78 is 10.7. The van der Waals surface area contributed by atoms with E-state index in [0.29, 0.717) is 6.61 Å². The van der Waals surface area contributed by atoms with Gasteiger partial charge in [0.15, 0.2) is 0 Å². The molecular formula is C14H23NO2. The van der Waals surface area contributed by atoms with Gasteiger partial charge in [-0.25, -0.2) is 0 Å². The molecule has 1 atom stereocenters. The van der Waals surface area contributed by atoms with Gasteiger partial charge in [-0.2, -0.15) is 0 Å². The summed E-state index contributed by atoms with van der Waals surface area (Å²) in [5, 5.41) is 3.49. The van der Waals surface area contributed by atoms with Crippen LogP contribution in [-0.4, -0.2) is 26.9 Å². The molecule has 1 unspecified atom stereocenters. The highest BCUT2D eigenvalue weighted by Gasteiger charge is 2.10. The van der Waals surface area contributed by atoms with Gasteiger partial charge in [0.25, 0.3) is 0 Å². The Balaban J connectivity index is 2.65. The Morgan fingerprint density at radius 3 is 2.41 bits per heavy atom. The molecule has 96 valence electrons. The minimum atomic E-state index is 0.265. The van der Waals surface area contributed by atoms with Gasteiger partial charge in [0.05, 0.1) is 19.8 Å². The summed E-state index contributed by atoms with van der Waals surface area (Å²) >= 11 is 0. The second-order valence-electron chi connectivity index (χ2n) is 3.94. The first-order chi connectivity index (χ1) is 8.31. The fraction of sp³-hybridized carbons (Fsp3) is 0.571. The Morgan fingerprint density at radius 1 is 1.18 bits per heavy atom. The maximum atomic E-state index is 5.51. The van der Waals surface area contributed by atoms with Crippen LogP contribution < -0.4 is 10.1 Å². The van der Waals surface area contributed by atoms with E-state index in [4.69, 9.17) is 9.47 Å². The maximum Gasteiger partial charge on any atom is 0.118 e. The molecule has 0 aliphatic rings. The second-order valence-corrected chi connectivity index (χ2v) is 3.94. The predicted octanol–water partition coefficient (Wildman–Crippen LogP) is 2.77. The second kappa shape index (κ2) is 8.09. The summed E-state index contributed by atoms with van der Waals surface area (Å²) in [5.41, 5.74) is 1.24. The smallest absolute Gasteiger partial charge is 0.118 e. The summed E-state index contributed by atoms with van der Waals surface area (Å²) in [4.78, 5) is 0. The van der Waals surface area contributed by atoms with Crippen LogP contribution in [0.4, 0.5) is 0 Å². The number of nitrogens with one attached hydrogen (secondary N) is 1. The number of ether oxygens (including phenoxy) is 2. The van der Waals surface area contributed by atoms with E-state index in [1.165, 1.54) is 5.56 Å². The standard InChI is InChI=1S/C14H23NO2/c1-4-10-15-14(11-17-5-2)12-6-8-13(16-3)9-7-12/h6-9,14-15H,4-5,10-11H2,1-3H3. The zero-order valence-electron chi connectivity index (χ0n) is 11.0. The van der Waals surface area contributed by atoms with Crippen molar-refractivity contribution in [2.45, 2.75) is 26.3 Å². The Kier molecular flexibility index (Phi) is 6.67. The molecule has 1 N–H and O–H groups in total. The SMILES string of the molecule is CCCNC(COCC)c1ccc(OC)cc1. The lowest BCUT2D eigenvalue weighted by Gasteiger charge is -2.19. The summed E-state index contributed by atoms with van der Waals surface area (Å²) in [7, 11) is 1.68. The first-order valence-electron chi connectivity index (χ1n) is 6.26. The molecule has 1 rings (SSSR count). The van der Waals surface area contributed by atoms with Crippen LogP contribution in [0.15, 0.2) is 24.3 Å². The molecule has 0 spiro atoms. The molecule has 1 aromatic rings.